The van der Waals surface area contributed by atoms with Gasteiger partial charge in [-0.15, -0.1) is 11.6 Å². The second-order valence-corrected chi connectivity index (χ2v) is 5.81. The van der Waals surface area contributed by atoms with Crippen molar-refractivity contribution < 1.29 is 13.9 Å². The van der Waals surface area contributed by atoms with Crippen molar-refractivity contribution in [2.45, 2.75) is 12.5 Å². The fourth-order valence-electron chi connectivity index (χ4n) is 1.78. The largest absolute Gasteiger partial charge is 0.493 e. The molecule has 0 N–H and O–H groups in total. The molecule has 0 aromatic heterocycles. The van der Waals surface area contributed by atoms with Gasteiger partial charge in [-0.05, 0) is 51.3 Å². The molecule has 2 aromatic rings. The van der Waals surface area contributed by atoms with E-state index in [1.807, 2.05) is 6.07 Å². The van der Waals surface area contributed by atoms with E-state index in [9.17, 15) is 4.39 Å². The Morgan fingerprint density at radius 2 is 1.95 bits per heavy atom. The highest BCUT2D eigenvalue weighted by Crippen LogP contribution is 2.37. The van der Waals surface area contributed by atoms with Crippen molar-refractivity contribution in [1.29, 1.82) is 0 Å². The monoisotopic (exact) mass is 392 g/mol. The summed E-state index contributed by atoms with van der Waals surface area (Å²) in [5, 5.41) is 0.0870. The van der Waals surface area contributed by atoms with Gasteiger partial charge in [-0.3, -0.25) is 0 Å². The van der Waals surface area contributed by atoms with Crippen LogP contribution in [0.1, 0.15) is 11.1 Å². The molecule has 2 aromatic carbocycles. The van der Waals surface area contributed by atoms with Crippen molar-refractivity contribution in [3.05, 3.63) is 56.8 Å². The fourth-order valence-corrected chi connectivity index (χ4v) is 2.65. The first-order valence-corrected chi connectivity index (χ1v) is 7.74. The lowest BCUT2D eigenvalue weighted by Crippen LogP contribution is -2.00. The Morgan fingerprint density at radius 3 is 2.57 bits per heavy atom. The fraction of sp³-hybridized carbons (Fsp3) is 0.200. The normalized spacial score (nSPS) is 10.5. The molecule has 112 valence electrons. The van der Waals surface area contributed by atoms with Crippen LogP contribution in [-0.4, -0.2) is 7.11 Å². The Bertz CT molecular complexity index is 650. The van der Waals surface area contributed by atoms with Crippen molar-refractivity contribution in [3.63, 3.8) is 0 Å². The van der Waals surface area contributed by atoms with Gasteiger partial charge < -0.3 is 9.47 Å². The first kappa shape index (κ1) is 16.4. The van der Waals surface area contributed by atoms with Crippen LogP contribution in [0.15, 0.2) is 34.8 Å². The Morgan fingerprint density at radius 1 is 1.19 bits per heavy atom. The lowest BCUT2D eigenvalue weighted by molar-refractivity contribution is 0.282. The van der Waals surface area contributed by atoms with E-state index in [2.05, 4.69) is 15.9 Å². The summed E-state index contributed by atoms with van der Waals surface area (Å²) < 4.78 is 25.1. The molecule has 0 fully saturated rings. The number of halogens is 4. The van der Waals surface area contributed by atoms with Gasteiger partial charge in [-0.25, -0.2) is 4.39 Å². The van der Waals surface area contributed by atoms with Crippen LogP contribution in [0.4, 0.5) is 4.39 Å². The molecule has 21 heavy (non-hydrogen) atoms. The van der Waals surface area contributed by atoms with Crippen LogP contribution in [0.3, 0.4) is 0 Å². The summed E-state index contributed by atoms with van der Waals surface area (Å²) in [7, 11) is 1.55. The topological polar surface area (TPSA) is 18.5 Å². The molecule has 0 heterocycles. The number of methoxy groups -OCH3 is 1. The molecule has 2 rings (SSSR count). The number of hydrogen-bond donors (Lipinski definition) is 0. The number of ether oxygens (including phenoxy) is 2. The molecule has 0 saturated heterocycles. The standard InChI is InChI=1S/C15H12BrCl2FO2/c1-20-14-6-10(7-17)4-11(16)15(14)21-8-9-2-3-12(18)13(19)5-9/h2-6H,7-8H2,1H3. The van der Waals surface area contributed by atoms with Crippen LogP contribution in [0.25, 0.3) is 0 Å². The lowest BCUT2D eigenvalue weighted by atomic mass is 10.2. The minimum absolute atomic E-state index is 0.0870. The minimum Gasteiger partial charge on any atom is -0.493 e. The SMILES string of the molecule is COc1cc(CCl)cc(Br)c1OCc1ccc(Cl)c(F)c1. The maximum absolute atomic E-state index is 13.4. The molecule has 6 heteroatoms. The van der Waals surface area contributed by atoms with Crippen molar-refractivity contribution in [3.8, 4) is 11.5 Å². The Kier molecular flexibility index (Phi) is 5.73. The summed E-state index contributed by atoms with van der Waals surface area (Å²) in [6.07, 6.45) is 0. The Labute approximate surface area is 140 Å². The quantitative estimate of drug-likeness (QED) is 0.618. The third-order valence-electron chi connectivity index (χ3n) is 2.81. The predicted molar refractivity (Wildman–Crippen MR) is 86.0 cm³/mol. The van der Waals surface area contributed by atoms with Gasteiger partial charge in [0, 0.05) is 5.88 Å². The van der Waals surface area contributed by atoms with E-state index in [0.717, 1.165) is 10.0 Å². The summed E-state index contributed by atoms with van der Waals surface area (Å²) >= 11 is 14.9. The third-order valence-corrected chi connectivity index (χ3v) is 4.01. The molecule has 0 radical (unpaired) electrons. The molecule has 0 spiro atoms. The highest BCUT2D eigenvalue weighted by molar-refractivity contribution is 9.10. The maximum Gasteiger partial charge on any atom is 0.175 e. The maximum atomic E-state index is 13.4. The zero-order chi connectivity index (χ0) is 15.4. The zero-order valence-corrected chi connectivity index (χ0v) is 14.2. The van der Waals surface area contributed by atoms with Crippen molar-refractivity contribution in [2.75, 3.05) is 7.11 Å². The molecule has 0 aliphatic rings. The van der Waals surface area contributed by atoms with E-state index < -0.39 is 5.82 Å². The van der Waals surface area contributed by atoms with Crippen LogP contribution in [0.2, 0.25) is 5.02 Å². The van der Waals surface area contributed by atoms with Crippen molar-refractivity contribution >= 4 is 39.1 Å². The van der Waals surface area contributed by atoms with Crippen molar-refractivity contribution in [2.24, 2.45) is 0 Å². The second kappa shape index (κ2) is 7.34. The zero-order valence-electron chi connectivity index (χ0n) is 11.1. The van der Waals surface area contributed by atoms with E-state index in [1.165, 1.54) is 12.1 Å². The second-order valence-electron chi connectivity index (χ2n) is 4.28. The molecule has 0 unspecified atom stereocenters. The average molecular weight is 394 g/mol. The van der Waals surface area contributed by atoms with Gasteiger partial charge in [0.2, 0.25) is 0 Å². The van der Waals surface area contributed by atoms with Gasteiger partial charge in [0.25, 0.3) is 0 Å². The molecule has 0 aliphatic heterocycles. The van der Waals surface area contributed by atoms with Crippen LogP contribution >= 0.6 is 39.1 Å². The molecule has 0 bridgehead atoms. The number of rotatable bonds is 5. The molecule has 0 atom stereocenters. The number of alkyl halides is 1. The predicted octanol–water partition coefficient (Wildman–Crippen LogP) is 5.57. The smallest absolute Gasteiger partial charge is 0.175 e. The van der Waals surface area contributed by atoms with Gasteiger partial charge in [-0.2, -0.15) is 0 Å². The molecular formula is C15H12BrCl2FO2. The molecule has 2 nitrogen and oxygen atoms in total. The highest BCUT2D eigenvalue weighted by atomic mass is 79.9. The molecule has 0 aliphatic carbocycles. The van der Waals surface area contributed by atoms with Gasteiger partial charge in [0.15, 0.2) is 11.5 Å². The van der Waals surface area contributed by atoms with Crippen LogP contribution in [0.5, 0.6) is 11.5 Å². The summed E-state index contributed by atoms with van der Waals surface area (Å²) in [5.41, 5.74) is 1.58. The number of hydrogen-bond acceptors (Lipinski definition) is 2. The molecule has 0 amide bonds. The first-order valence-electron chi connectivity index (χ1n) is 6.04. The van der Waals surface area contributed by atoms with Gasteiger partial charge in [-0.1, -0.05) is 17.7 Å². The Hall–Kier alpha value is -0.970. The minimum atomic E-state index is -0.471. The summed E-state index contributed by atoms with van der Waals surface area (Å²) in [6.45, 7) is 0.198. The number of benzene rings is 2. The summed E-state index contributed by atoms with van der Waals surface area (Å²) in [6, 6.07) is 8.20. The Balaban J connectivity index is 2.21. The lowest BCUT2D eigenvalue weighted by Gasteiger charge is -2.14. The highest BCUT2D eigenvalue weighted by Gasteiger charge is 2.12. The van der Waals surface area contributed by atoms with Crippen molar-refractivity contribution in [1.82, 2.24) is 0 Å². The van der Waals surface area contributed by atoms with Crippen LogP contribution < -0.4 is 9.47 Å². The summed E-state index contributed by atoms with van der Waals surface area (Å²) in [4.78, 5) is 0. The average Bonchev–Trinajstić information content (AvgIpc) is 2.48. The van der Waals surface area contributed by atoms with Gasteiger partial charge in [0.05, 0.1) is 16.6 Å². The van der Waals surface area contributed by atoms with Crippen LogP contribution in [0, 0.1) is 5.82 Å². The van der Waals surface area contributed by atoms with Gasteiger partial charge >= 0.3 is 0 Å². The van der Waals surface area contributed by atoms with Crippen LogP contribution in [-0.2, 0) is 12.5 Å². The van der Waals surface area contributed by atoms with Gasteiger partial charge in [0.1, 0.15) is 12.4 Å². The van der Waals surface area contributed by atoms with E-state index in [-0.39, 0.29) is 11.6 Å². The first-order chi connectivity index (χ1) is 10.0. The summed E-state index contributed by atoms with van der Waals surface area (Å²) in [5.74, 6) is 1.01. The van der Waals surface area contributed by atoms with E-state index in [0.29, 0.717) is 22.9 Å². The van der Waals surface area contributed by atoms with E-state index in [4.69, 9.17) is 32.7 Å². The molecular weight excluding hydrogens is 382 g/mol. The third kappa shape index (κ3) is 4.02. The van der Waals surface area contributed by atoms with E-state index >= 15 is 0 Å². The van der Waals surface area contributed by atoms with E-state index in [1.54, 1.807) is 19.2 Å². The molecule has 0 saturated carbocycles.